The van der Waals surface area contributed by atoms with E-state index in [1.54, 1.807) is 18.6 Å². The Morgan fingerprint density at radius 1 is 1.31 bits per heavy atom. The van der Waals surface area contributed by atoms with Gasteiger partial charge in [-0.15, -0.1) is 0 Å². The van der Waals surface area contributed by atoms with Crippen LogP contribution in [0.4, 0.5) is 0 Å². The molecule has 0 spiro atoms. The van der Waals surface area contributed by atoms with E-state index in [1.165, 1.54) is 0 Å². The van der Waals surface area contributed by atoms with Crippen LogP contribution in [0.1, 0.15) is 25.7 Å². The number of aromatic nitrogens is 5. The lowest BCUT2D eigenvalue weighted by atomic mass is 10.1. The third-order valence-electron chi connectivity index (χ3n) is 2.33. The first-order valence-electron chi connectivity index (χ1n) is 5.12. The molecule has 0 amide bonds. The fourth-order valence-electron chi connectivity index (χ4n) is 1.27. The molecule has 6 nitrogen and oxygen atoms in total. The zero-order valence-electron chi connectivity index (χ0n) is 9.25. The van der Waals surface area contributed by atoms with Crippen LogP contribution >= 0.6 is 0 Å². The van der Waals surface area contributed by atoms with Gasteiger partial charge in [0, 0.05) is 12.4 Å². The number of nitrogens with two attached hydrogens (primary N) is 1. The normalized spacial score (nSPS) is 13.0. The van der Waals surface area contributed by atoms with E-state index >= 15 is 0 Å². The van der Waals surface area contributed by atoms with Gasteiger partial charge >= 0.3 is 0 Å². The Morgan fingerprint density at radius 2 is 2.12 bits per heavy atom. The summed E-state index contributed by atoms with van der Waals surface area (Å²) < 4.78 is 0. The predicted octanol–water partition coefficient (Wildman–Crippen LogP) is 0.917. The van der Waals surface area contributed by atoms with Crippen LogP contribution in [0, 0.1) is 5.92 Å². The van der Waals surface area contributed by atoms with Gasteiger partial charge in [0.15, 0.2) is 0 Å². The summed E-state index contributed by atoms with van der Waals surface area (Å²) in [5, 5.41) is 6.90. The van der Waals surface area contributed by atoms with Crippen molar-refractivity contribution in [3.05, 3.63) is 24.4 Å². The number of hydrogen-bond donors (Lipinski definition) is 2. The number of nitrogens with one attached hydrogen (secondary N) is 1. The predicted molar refractivity (Wildman–Crippen MR) is 59.2 cm³/mol. The molecule has 0 unspecified atom stereocenters. The minimum atomic E-state index is -0.141. The summed E-state index contributed by atoms with van der Waals surface area (Å²) in [5.74, 6) is 1.51. The molecule has 0 fully saturated rings. The van der Waals surface area contributed by atoms with E-state index in [4.69, 9.17) is 5.73 Å². The largest absolute Gasteiger partial charge is 0.321 e. The highest BCUT2D eigenvalue weighted by molar-refractivity contribution is 5.45. The van der Waals surface area contributed by atoms with E-state index in [9.17, 15) is 0 Å². The van der Waals surface area contributed by atoms with Crippen molar-refractivity contribution < 1.29 is 0 Å². The molecule has 0 aliphatic rings. The second-order valence-electron chi connectivity index (χ2n) is 3.90. The molecule has 84 valence electrons. The molecule has 16 heavy (non-hydrogen) atoms. The zero-order valence-corrected chi connectivity index (χ0v) is 9.25. The second kappa shape index (κ2) is 4.36. The fraction of sp³-hybridized carbons (Fsp3) is 0.400. The van der Waals surface area contributed by atoms with Gasteiger partial charge in [0.2, 0.25) is 5.82 Å². The molecule has 2 aromatic rings. The van der Waals surface area contributed by atoms with Crippen molar-refractivity contribution in [3.63, 3.8) is 0 Å². The van der Waals surface area contributed by atoms with Gasteiger partial charge in [-0.2, -0.15) is 5.10 Å². The van der Waals surface area contributed by atoms with Crippen LogP contribution in [0.15, 0.2) is 18.6 Å². The summed E-state index contributed by atoms with van der Waals surface area (Å²) >= 11 is 0. The standard InChI is InChI=1S/C10H14N6/c1-6(2)8(11)10-14-9(15-16-10)7-5-12-3-4-13-7/h3-6,8H,11H2,1-2H3,(H,14,15,16)/t8-/m1/s1. The zero-order chi connectivity index (χ0) is 11.5. The molecule has 6 heteroatoms. The SMILES string of the molecule is CC(C)[C@@H](N)c1nc(-c2cnccn2)n[nH]1. The maximum absolute atomic E-state index is 5.96. The van der Waals surface area contributed by atoms with Gasteiger partial charge in [-0.25, -0.2) is 9.97 Å². The Labute approximate surface area is 93.3 Å². The van der Waals surface area contributed by atoms with Gasteiger partial charge in [-0.3, -0.25) is 10.1 Å². The van der Waals surface area contributed by atoms with E-state index < -0.39 is 0 Å². The molecule has 2 rings (SSSR count). The first-order chi connectivity index (χ1) is 7.68. The first-order valence-corrected chi connectivity index (χ1v) is 5.12. The second-order valence-corrected chi connectivity index (χ2v) is 3.90. The lowest BCUT2D eigenvalue weighted by Crippen LogP contribution is -2.18. The van der Waals surface area contributed by atoms with Crippen LogP contribution in [0.2, 0.25) is 0 Å². The first kappa shape index (κ1) is 10.7. The summed E-state index contributed by atoms with van der Waals surface area (Å²) in [7, 11) is 0. The van der Waals surface area contributed by atoms with Gasteiger partial charge in [-0.05, 0) is 5.92 Å². The molecule has 2 heterocycles. The lowest BCUT2D eigenvalue weighted by Gasteiger charge is -2.10. The monoisotopic (exact) mass is 218 g/mol. The van der Waals surface area contributed by atoms with Gasteiger partial charge in [0.25, 0.3) is 0 Å². The summed E-state index contributed by atoms with van der Waals surface area (Å²) in [6.07, 6.45) is 4.83. The van der Waals surface area contributed by atoms with Gasteiger partial charge in [0.05, 0.1) is 12.2 Å². The Hall–Kier alpha value is -1.82. The molecule has 0 bridgehead atoms. The summed E-state index contributed by atoms with van der Waals surface area (Å²) in [4.78, 5) is 12.4. The van der Waals surface area contributed by atoms with Crippen LogP contribution in [-0.2, 0) is 0 Å². The van der Waals surface area contributed by atoms with Crippen molar-refractivity contribution in [2.75, 3.05) is 0 Å². The number of nitrogens with zero attached hydrogens (tertiary/aromatic N) is 4. The molecule has 2 aromatic heterocycles. The molecule has 3 N–H and O–H groups in total. The smallest absolute Gasteiger partial charge is 0.201 e. The summed E-state index contributed by atoms with van der Waals surface area (Å²) in [6, 6.07) is -0.141. The number of rotatable bonds is 3. The highest BCUT2D eigenvalue weighted by atomic mass is 15.2. The van der Waals surface area contributed by atoms with E-state index in [-0.39, 0.29) is 6.04 Å². The molecular weight excluding hydrogens is 204 g/mol. The van der Waals surface area contributed by atoms with E-state index in [0.717, 1.165) is 0 Å². The van der Waals surface area contributed by atoms with Crippen molar-refractivity contribution in [2.45, 2.75) is 19.9 Å². The topological polar surface area (TPSA) is 93.4 Å². The highest BCUT2D eigenvalue weighted by Crippen LogP contribution is 2.17. The lowest BCUT2D eigenvalue weighted by molar-refractivity contribution is 0.492. The third kappa shape index (κ3) is 2.06. The van der Waals surface area contributed by atoms with Crippen molar-refractivity contribution in [1.29, 1.82) is 0 Å². The van der Waals surface area contributed by atoms with Crippen molar-refractivity contribution in [1.82, 2.24) is 25.1 Å². The van der Waals surface area contributed by atoms with Crippen LogP contribution in [0.3, 0.4) is 0 Å². The average molecular weight is 218 g/mol. The minimum absolute atomic E-state index is 0.141. The average Bonchev–Trinajstić information content (AvgIpc) is 2.78. The molecule has 0 radical (unpaired) electrons. The van der Waals surface area contributed by atoms with E-state index in [1.807, 2.05) is 13.8 Å². The van der Waals surface area contributed by atoms with Gasteiger partial charge in [0.1, 0.15) is 11.5 Å². The molecule has 0 saturated carbocycles. The molecule has 0 aliphatic carbocycles. The molecule has 0 aromatic carbocycles. The molecule has 1 atom stereocenters. The van der Waals surface area contributed by atoms with Gasteiger partial charge in [-0.1, -0.05) is 13.8 Å². The van der Waals surface area contributed by atoms with E-state index in [2.05, 4.69) is 25.1 Å². The number of hydrogen-bond acceptors (Lipinski definition) is 5. The molecule has 0 aliphatic heterocycles. The van der Waals surface area contributed by atoms with Crippen LogP contribution < -0.4 is 5.73 Å². The number of aromatic amines is 1. The maximum Gasteiger partial charge on any atom is 0.201 e. The Balaban J connectivity index is 2.27. The highest BCUT2D eigenvalue weighted by Gasteiger charge is 2.16. The van der Waals surface area contributed by atoms with Crippen molar-refractivity contribution in [2.24, 2.45) is 11.7 Å². The van der Waals surface area contributed by atoms with E-state index in [0.29, 0.717) is 23.3 Å². The minimum Gasteiger partial charge on any atom is -0.321 e. The quantitative estimate of drug-likeness (QED) is 0.798. The maximum atomic E-state index is 5.96. The summed E-state index contributed by atoms with van der Waals surface area (Å²) in [6.45, 7) is 4.07. The molecule has 0 saturated heterocycles. The van der Waals surface area contributed by atoms with Crippen LogP contribution in [0.25, 0.3) is 11.5 Å². The van der Waals surface area contributed by atoms with Crippen molar-refractivity contribution >= 4 is 0 Å². The third-order valence-corrected chi connectivity index (χ3v) is 2.33. The fourth-order valence-corrected chi connectivity index (χ4v) is 1.27. The Morgan fingerprint density at radius 3 is 2.75 bits per heavy atom. The van der Waals surface area contributed by atoms with Crippen LogP contribution in [-0.4, -0.2) is 25.1 Å². The van der Waals surface area contributed by atoms with Crippen molar-refractivity contribution in [3.8, 4) is 11.5 Å². The molecular formula is C10H14N6. The Kier molecular flexibility index (Phi) is 2.91. The summed E-state index contributed by atoms with van der Waals surface area (Å²) in [5.41, 5.74) is 6.60. The van der Waals surface area contributed by atoms with Gasteiger partial charge < -0.3 is 5.73 Å². The van der Waals surface area contributed by atoms with Crippen LogP contribution in [0.5, 0.6) is 0 Å². The Bertz CT molecular complexity index is 449. The number of H-pyrrole nitrogens is 1.